The van der Waals surface area contributed by atoms with Crippen LogP contribution < -0.4 is 28.7 Å². The number of aliphatic carboxylic acids is 1. The van der Waals surface area contributed by atoms with Gasteiger partial charge in [0.25, 0.3) is 0 Å². The molecule has 0 spiro atoms. The molecule has 0 bridgehead atoms. The van der Waals surface area contributed by atoms with E-state index in [-0.39, 0.29) is 24.8 Å². The standard InChI is InChI=1S/C18H25NO3.Li/c20-18(21)15-7-6-14(10-15)16-8-9-17(19-11-16)22-12-13-4-2-1-3-5-13;/h8-9,11,13-15H,1-7,10,12H2,(H,20,21);/q;+1/p-1. The fourth-order valence-electron chi connectivity index (χ4n) is 3.77. The third-order valence-corrected chi connectivity index (χ3v) is 5.19. The quantitative estimate of drug-likeness (QED) is 0.699. The van der Waals surface area contributed by atoms with Gasteiger partial charge in [0.1, 0.15) is 0 Å². The Labute approximate surface area is 150 Å². The van der Waals surface area contributed by atoms with Gasteiger partial charge in [-0.25, -0.2) is 4.98 Å². The van der Waals surface area contributed by atoms with Gasteiger partial charge in [-0.3, -0.25) is 0 Å². The number of hydrogen-bond donors (Lipinski definition) is 0. The van der Waals surface area contributed by atoms with E-state index >= 15 is 0 Å². The summed E-state index contributed by atoms with van der Waals surface area (Å²) >= 11 is 0. The maximum absolute atomic E-state index is 10.9. The Morgan fingerprint density at radius 2 is 1.96 bits per heavy atom. The molecule has 2 aliphatic carbocycles. The van der Waals surface area contributed by atoms with Crippen LogP contribution >= 0.6 is 0 Å². The molecule has 5 heteroatoms. The van der Waals surface area contributed by atoms with E-state index in [9.17, 15) is 9.90 Å². The molecule has 2 atom stereocenters. The molecule has 0 aliphatic heterocycles. The van der Waals surface area contributed by atoms with Gasteiger partial charge in [-0.1, -0.05) is 25.3 Å². The van der Waals surface area contributed by atoms with E-state index in [2.05, 4.69) is 4.98 Å². The second kappa shape index (κ2) is 8.75. The molecule has 0 N–H and O–H groups in total. The van der Waals surface area contributed by atoms with E-state index in [1.807, 2.05) is 18.3 Å². The molecule has 0 amide bonds. The molecule has 1 aromatic rings. The van der Waals surface area contributed by atoms with Crippen molar-refractivity contribution in [1.82, 2.24) is 4.98 Å². The Morgan fingerprint density at radius 1 is 1.17 bits per heavy atom. The maximum atomic E-state index is 10.9. The molecule has 120 valence electrons. The van der Waals surface area contributed by atoms with Crippen molar-refractivity contribution < 1.29 is 33.5 Å². The van der Waals surface area contributed by atoms with E-state index in [1.165, 1.54) is 32.1 Å². The number of carboxylic acid groups (broad SMARTS) is 1. The predicted octanol–water partition coefficient (Wildman–Crippen LogP) is -0.322. The Kier molecular flexibility index (Phi) is 6.99. The molecule has 2 saturated carbocycles. The first-order chi connectivity index (χ1) is 10.7. The van der Waals surface area contributed by atoms with Gasteiger partial charge in [-0.15, -0.1) is 0 Å². The molecule has 0 saturated heterocycles. The average molecular weight is 309 g/mol. The van der Waals surface area contributed by atoms with E-state index in [4.69, 9.17) is 4.74 Å². The number of nitrogens with zero attached hydrogens (tertiary/aromatic N) is 1. The molecule has 0 aromatic carbocycles. The van der Waals surface area contributed by atoms with Crippen LogP contribution in [0.3, 0.4) is 0 Å². The molecule has 1 heterocycles. The summed E-state index contributed by atoms with van der Waals surface area (Å²) in [7, 11) is 0. The van der Waals surface area contributed by atoms with Crippen LogP contribution in [0.15, 0.2) is 18.3 Å². The van der Waals surface area contributed by atoms with Gasteiger partial charge in [0.15, 0.2) is 0 Å². The second-order valence-corrected chi connectivity index (χ2v) is 6.77. The smallest absolute Gasteiger partial charge is 0.550 e. The van der Waals surface area contributed by atoms with E-state index in [1.54, 1.807) is 0 Å². The zero-order valence-corrected chi connectivity index (χ0v) is 14.0. The van der Waals surface area contributed by atoms with Gasteiger partial charge in [-0.2, -0.15) is 0 Å². The predicted molar refractivity (Wildman–Crippen MR) is 81.4 cm³/mol. The normalized spacial score (nSPS) is 24.9. The summed E-state index contributed by atoms with van der Waals surface area (Å²) in [4.78, 5) is 15.3. The van der Waals surface area contributed by atoms with Crippen molar-refractivity contribution >= 4 is 5.97 Å². The van der Waals surface area contributed by atoms with Gasteiger partial charge < -0.3 is 14.6 Å². The summed E-state index contributed by atoms with van der Waals surface area (Å²) in [6.07, 6.45) is 10.7. The zero-order valence-electron chi connectivity index (χ0n) is 14.0. The average Bonchev–Trinajstić information content (AvgIpc) is 3.05. The Balaban J connectivity index is 0.00000192. The molecule has 2 fully saturated rings. The van der Waals surface area contributed by atoms with Crippen LogP contribution in [0.25, 0.3) is 0 Å². The third-order valence-electron chi connectivity index (χ3n) is 5.19. The van der Waals surface area contributed by atoms with Crippen LogP contribution in [-0.2, 0) is 4.79 Å². The van der Waals surface area contributed by atoms with Crippen molar-refractivity contribution in [3.8, 4) is 5.88 Å². The molecular formula is C18H24LiNO3. The minimum absolute atomic E-state index is 0. The van der Waals surface area contributed by atoms with Crippen LogP contribution in [0, 0.1) is 11.8 Å². The Hall–Kier alpha value is -0.983. The van der Waals surface area contributed by atoms with Crippen LogP contribution in [0.2, 0.25) is 0 Å². The van der Waals surface area contributed by atoms with Gasteiger partial charge in [0.05, 0.1) is 6.61 Å². The molecule has 1 aromatic heterocycles. The van der Waals surface area contributed by atoms with Gasteiger partial charge in [0.2, 0.25) is 5.88 Å². The molecule has 23 heavy (non-hydrogen) atoms. The molecule has 4 nitrogen and oxygen atoms in total. The number of carbonyl (C=O) groups is 1. The summed E-state index contributed by atoms with van der Waals surface area (Å²) in [6, 6.07) is 3.95. The number of hydrogen-bond acceptors (Lipinski definition) is 4. The van der Waals surface area contributed by atoms with Gasteiger partial charge in [0, 0.05) is 18.2 Å². The Bertz CT molecular complexity index is 499. The van der Waals surface area contributed by atoms with Crippen molar-refractivity contribution in [1.29, 1.82) is 0 Å². The summed E-state index contributed by atoms with van der Waals surface area (Å²) < 4.78 is 5.81. The minimum atomic E-state index is -0.914. The number of rotatable bonds is 5. The Morgan fingerprint density at radius 3 is 2.57 bits per heavy atom. The van der Waals surface area contributed by atoms with Crippen molar-refractivity contribution in [2.24, 2.45) is 11.8 Å². The van der Waals surface area contributed by atoms with Crippen LogP contribution in [-0.4, -0.2) is 17.6 Å². The first kappa shape index (κ1) is 18.4. The molecule has 0 radical (unpaired) electrons. The molecule has 2 unspecified atom stereocenters. The SMILES string of the molecule is O=C([O-])C1CCC(c2ccc(OCC3CCCCC3)nc2)C1.[Li+]. The maximum Gasteiger partial charge on any atom is 1.00 e. The fourth-order valence-corrected chi connectivity index (χ4v) is 3.77. The van der Waals surface area contributed by atoms with Crippen molar-refractivity contribution in [3.05, 3.63) is 23.9 Å². The number of pyridine rings is 1. The van der Waals surface area contributed by atoms with E-state index in [0.29, 0.717) is 30.6 Å². The number of carbonyl (C=O) groups excluding carboxylic acids is 1. The fraction of sp³-hybridized carbons (Fsp3) is 0.667. The van der Waals surface area contributed by atoms with E-state index < -0.39 is 5.97 Å². The first-order valence-electron chi connectivity index (χ1n) is 8.52. The molecular weight excluding hydrogens is 285 g/mol. The van der Waals surface area contributed by atoms with E-state index in [0.717, 1.165) is 18.6 Å². The largest absolute Gasteiger partial charge is 1.00 e. The monoisotopic (exact) mass is 309 g/mol. The summed E-state index contributed by atoms with van der Waals surface area (Å²) in [6.45, 7) is 0.766. The topological polar surface area (TPSA) is 62.2 Å². The zero-order chi connectivity index (χ0) is 15.4. The number of aromatic nitrogens is 1. The third kappa shape index (κ3) is 4.99. The second-order valence-electron chi connectivity index (χ2n) is 6.77. The van der Waals surface area contributed by atoms with Crippen LogP contribution in [0.4, 0.5) is 0 Å². The number of carboxylic acids is 1. The minimum Gasteiger partial charge on any atom is -0.550 e. The summed E-state index contributed by atoms with van der Waals surface area (Å²) in [5.74, 6) is 0.440. The van der Waals surface area contributed by atoms with Crippen molar-refractivity contribution in [2.75, 3.05) is 6.61 Å². The number of ether oxygens (including phenoxy) is 1. The summed E-state index contributed by atoms with van der Waals surface area (Å²) in [5.41, 5.74) is 1.12. The molecule has 3 rings (SSSR count). The van der Waals surface area contributed by atoms with Crippen LogP contribution in [0.5, 0.6) is 5.88 Å². The van der Waals surface area contributed by atoms with Gasteiger partial charge >= 0.3 is 18.9 Å². The molecule has 2 aliphatic rings. The summed E-state index contributed by atoms with van der Waals surface area (Å²) in [5, 5.41) is 10.9. The van der Waals surface area contributed by atoms with Crippen molar-refractivity contribution in [3.63, 3.8) is 0 Å². The van der Waals surface area contributed by atoms with Crippen molar-refractivity contribution in [2.45, 2.75) is 57.3 Å². The van der Waals surface area contributed by atoms with Crippen LogP contribution in [0.1, 0.15) is 62.8 Å². The first-order valence-corrected chi connectivity index (χ1v) is 8.52. The van der Waals surface area contributed by atoms with Gasteiger partial charge in [-0.05, 0) is 55.4 Å².